The number of carbonyl (C=O) groups is 1. The molecule has 1 aromatic carbocycles. The summed E-state index contributed by atoms with van der Waals surface area (Å²) in [6, 6.07) is 7.71. The van der Waals surface area contributed by atoms with Gasteiger partial charge in [-0.2, -0.15) is 0 Å². The topological polar surface area (TPSA) is 61.8 Å². The number of nitrogens with one attached hydrogen (secondary N) is 1. The number of hydrogen-bond donors (Lipinski definition) is 2. The molecule has 128 valence electrons. The lowest BCUT2D eigenvalue weighted by Crippen LogP contribution is -2.49. The summed E-state index contributed by atoms with van der Waals surface area (Å²) in [7, 11) is 1.62. The van der Waals surface area contributed by atoms with E-state index in [0.29, 0.717) is 6.54 Å². The number of carbonyl (C=O) groups excluding carboxylic acids is 1. The van der Waals surface area contributed by atoms with Gasteiger partial charge in [0.1, 0.15) is 5.75 Å². The average molecular weight is 320 g/mol. The van der Waals surface area contributed by atoms with Crippen LogP contribution in [0.2, 0.25) is 0 Å². The Morgan fingerprint density at radius 1 is 1.48 bits per heavy atom. The molecule has 1 aliphatic rings. The van der Waals surface area contributed by atoms with Crippen LogP contribution in [0.3, 0.4) is 0 Å². The summed E-state index contributed by atoms with van der Waals surface area (Å²) in [4.78, 5) is 14.1. The van der Waals surface area contributed by atoms with Crippen molar-refractivity contribution in [1.29, 1.82) is 0 Å². The molecule has 1 aliphatic heterocycles. The number of aliphatic hydroxyl groups excluding tert-OH is 1. The van der Waals surface area contributed by atoms with Crippen molar-refractivity contribution in [1.82, 2.24) is 10.2 Å². The Hall–Kier alpha value is -1.59. The molecule has 1 amide bonds. The van der Waals surface area contributed by atoms with E-state index in [0.717, 1.165) is 37.2 Å². The summed E-state index contributed by atoms with van der Waals surface area (Å²) in [6.45, 7) is 6.13. The SMILES string of the molecule is COc1cccc([C@H](O)CN2CCC[C@H](NC(=O)C(C)C)C2)c1. The number of aliphatic hydroxyl groups is 1. The van der Waals surface area contributed by atoms with Crippen LogP contribution in [0.15, 0.2) is 24.3 Å². The minimum absolute atomic E-state index is 0.00718. The van der Waals surface area contributed by atoms with Crippen molar-refractivity contribution in [3.8, 4) is 5.75 Å². The van der Waals surface area contributed by atoms with Crippen molar-refractivity contribution in [3.05, 3.63) is 29.8 Å². The molecular weight excluding hydrogens is 292 g/mol. The van der Waals surface area contributed by atoms with Gasteiger partial charge in [0.2, 0.25) is 5.91 Å². The highest BCUT2D eigenvalue weighted by molar-refractivity contribution is 5.78. The van der Waals surface area contributed by atoms with Gasteiger partial charge in [0, 0.05) is 25.0 Å². The van der Waals surface area contributed by atoms with Crippen LogP contribution in [-0.2, 0) is 4.79 Å². The standard InChI is InChI=1S/C18H28N2O3/c1-13(2)18(22)19-15-7-5-9-20(11-15)12-17(21)14-6-4-8-16(10-14)23-3/h4,6,8,10,13,15,17,21H,5,7,9,11-12H2,1-3H3,(H,19,22)/t15-,17+/m0/s1. The van der Waals surface area contributed by atoms with Gasteiger partial charge >= 0.3 is 0 Å². The molecule has 23 heavy (non-hydrogen) atoms. The van der Waals surface area contributed by atoms with Crippen molar-refractivity contribution < 1.29 is 14.6 Å². The van der Waals surface area contributed by atoms with Crippen LogP contribution in [0.4, 0.5) is 0 Å². The predicted molar refractivity (Wildman–Crippen MR) is 90.4 cm³/mol. The van der Waals surface area contributed by atoms with Gasteiger partial charge in [-0.3, -0.25) is 9.69 Å². The second kappa shape index (κ2) is 8.31. The van der Waals surface area contributed by atoms with E-state index in [1.807, 2.05) is 38.1 Å². The Kier molecular flexibility index (Phi) is 6.42. The molecule has 0 unspecified atom stereocenters. The largest absolute Gasteiger partial charge is 0.497 e. The molecule has 0 bridgehead atoms. The summed E-state index contributed by atoms with van der Waals surface area (Å²) in [5.41, 5.74) is 0.859. The van der Waals surface area contributed by atoms with E-state index in [1.54, 1.807) is 7.11 Å². The number of rotatable bonds is 6. The molecule has 5 heteroatoms. The minimum Gasteiger partial charge on any atom is -0.497 e. The maximum atomic E-state index is 11.8. The van der Waals surface area contributed by atoms with E-state index in [9.17, 15) is 9.90 Å². The number of β-amino-alcohol motifs (C(OH)–C–C–N with tert-alkyl or cyclic N) is 1. The smallest absolute Gasteiger partial charge is 0.222 e. The van der Waals surface area contributed by atoms with E-state index >= 15 is 0 Å². The molecule has 1 aromatic rings. The number of ether oxygens (including phenoxy) is 1. The average Bonchev–Trinajstić information content (AvgIpc) is 2.55. The van der Waals surface area contributed by atoms with Crippen LogP contribution in [-0.4, -0.2) is 48.7 Å². The van der Waals surface area contributed by atoms with Crippen LogP contribution in [0.1, 0.15) is 38.4 Å². The van der Waals surface area contributed by atoms with Gasteiger partial charge in [-0.15, -0.1) is 0 Å². The molecule has 1 saturated heterocycles. The van der Waals surface area contributed by atoms with Crippen LogP contribution < -0.4 is 10.1 Å². The van der Waals surface area contributed by atoms with Crippen LogP contribution in [0.5, 0.6) is 5.75 Å². The zero-order valence-electron chi connectivity index (χ0n) is 14.3. The summed E-state index contributed by atoms with van der Waals surface area (Å²) in [5.74, 6) is 0.861. The van der Waals surface area contributed by atoms with Gasteiger partial charge in [0.15, 0.2) is 0 Å². The Labute approximate surface area is 138 Å². The van der Waals surface area contributed by atoms with Crippen molar-refractivity contribution >= 4 is 5.91 Å². The van der Waals surface area contributed by atoms with Gasteiger partial charge in [-0.25, -0.2) is 0 Å². The van der Waals surface area contributed by atoms with Crippen LogP contribution >= 0.6 is 0 Å². The van der Waals surface area contributed by atoms with Crippen LogP contribution in [0, 0.1) is 5.92 Å². The molecule has 2 atom stereocenters. The number of piperidine rings is 1. The number of likely N-dealkylation sites (tertiary alicyclic amines) is 1. The third kappa shape index (κ3) is 5.22. The first-order valence-corrected chi connectivity index (χ1v) is 8.34. The predicted octanol–water partition coefficient (Wildman–Crippen LogP) is 1.97. The number of amides is 1. The molecular formula is C18H28N2O3. The van der Waals surface area contributed by atoms with Crippen molar-refractivity contribution in [2.45, 2.75) is 38.8 Å². The fraction of sp³-hybridized carbons (Fsp3) is 0.611. The summed E-state index contributed by atoms with van der Waals surface area (Å²) in [5, 5.41) is 13.6. The quantitative estimate of drug-likeness (QED) is 0.841. The molecule has 5 nitrogen and oxygen atoms in total. The second-order valence-electron chi connectivity index (χ2n) is 6.55. The Bertz CT molecular complexity index is 519. The van der Waals surface area contributed by atoms with E-state index < -0.39 is 6.10 Å². The Morgan fingerprint density at radius 2 is 2.26 bits per heavy atom. The molecule has 2 rings (SSSR count). The van der Waals surface area contributed by atoms with Crippen molar-refractivity contribution in [3.63, 3.8) is 0 Å². The third-order valence-electron chi connectivity index (χ3n) is 4.29. The van der Waals surface area contributed by atoms with Crippen LogP contribution in [0.25, 0.3) is 0 Å². The molecule has 0 aromatic heterocycles. The second-order valence-corrected chi connectivity index (χ2v) is 6.55. The molecule has 2 N–H and O–H groups in total. The van der Waals surface area contributed by atoms with Gasteiger partial charge < -0.3 is 15.2 Å². The molecule has 0 saturated carbocycles. The highest BCUT2D eigenvalue weighted by Gasteiger charge is 2.24. The highest BCUT2D eigenvalue weighted by Crippen LogP contribution is 2.21. The van der Waals surface area contributed by atoms with Crippen molar-refractivity contribution in [2.24, 2.45) is 5.92 Å². The van der Waals surface area contributed by atoms with Gasteiger partial charge in [0.25, 0.3) is 0 Å². The van der Waals surface area contributed by atoms with E-state index in [2.05, 4.69) is 10.2 Å². The number of nitrogens with zero attached hydrogens (tertiary/aromatic N) is 1. The first kappa shape index (κ1) is 17.8. The first-order valence-electron chi connectivity index (χ1n) is 8.34. The fourth-order valence-corrected chi connectivity index (χ4v) is 2.91. The lowest BCUT2D eigenvalue weighted by atomic mass is 10.0. The zero-order chi connectivity index (χ0) is 16.8. The lowest BCUT2D eigenvalue weighted by molar-refractivity contribution is -0.125. The van der Waals surface area contributed by atoms with Crippen molar-refractivity contribution in [2.75, 3.05) is 26.7 Å². The molecule has 0 spiro atoms. The number of benzene rings is 1. The Balaban J connectivity index is 1.90. The summed E-state index contributed by atoms with van der Waals surface area (Å²) >= 11 is 0. The van der Waals surface area contributed by atoms with E-state index in [-0.39, 0.29) is 17.9 Å². The zero-order valence-corrected chi connectivity index (χ0v) is 14.3. The normalized spacial score (nSPS) is 20.3. The lowest BCUT2D eigenvalue weighted by Gasteiger charge is -2.34. The third-order valence-corrected chi connectivity index (χ3v) is 4.29. The monoisotopic (exact) mass is 320 g/mol. The van der Waals surface area contributed by atoms with Gasteiger partial charge in [0.05, 0.1) is 13.2 Å². The Morgan fingerprint density at radius 3 is 2.96 bits per heavy atom. The fourth-order valence-electron chi connectivity index (χ4n) is 2.91. The molecule has 1 heterocycles. The van der Waals surface area contributed by atoms with Gasteiger partial charge in [-0.1, -0.05) is 26.0 Å². The van der Waals surface area contributed by atoms with Gasteiger partial charge in [-0.05, 0) is 37.1 Å². The van der Waals surface area contributed by atoms with E-state index in [4.69, 9.17) is 4.74 Å². The van der Waals surface area contributed by atoms with E-state index in [1.165, 1.54) is 0 Å². The number of hydrogen-bond acceptors (Lipinski definition) is 4. The molecule has 1 fully saturated rings. The number of methoxy groups -OCH3 is 1. The summed E-state index contributed by atoms with van der Waals surface area (Å²) in [6.07, 6.45) is 1.49. The molecule has 0 aliphatic carbocycles. The molecule has 0 radical (unpaired) electrons. The highest BCUT2D eigenvalue weighted by atomic mass is 16.5. The maximum absolute atomic E-state index is 11.8. The minimum atomic E-state index is -0.551. The maximum Gasteiger partial charge on any atom is 0.222 e. The summed E-state index contributed by atoms with van der Waals surface area (Å²) < 4.78 is 5.21. The first-order chi connectivity index (χ1) is 11.0.